The van der Waals surface area contributed by atoms with E-state index in [2.05, 4.69) is 49.9 Å². The lowest BCUT2D eigenvalue weighted by atomic mass is 10.3. The number of nitrogens with one attached hydrogen (secondary N) is 1. The molecule has 0 bridgehead atoms. The maximum atomic E-state index is 4.14. The van der Waals surface area contributed by atoms with Crippen LogP contribution < -0.4 is 5.32 Å². The normalized spacial score (nSPS) is 10.4. The third kappa shape index (κ3) is 2.64. The van der Waals surface area contributed by atoms with Crippen LogP contribution in [0.2, 0.25) is 0 Å². The van der Waals surface area contributed by atoms with Crippen molar-refractivity contribution in [2.75, 3.05) is 5.32 Å². The molecule has 0 saturated carbocycles. The highest BCUT2D eigenvalue weighted by atomic mass is 79.9. The molecule has 3 nitrogen and oxygen atoms in total. The minimum atomic E-state index is 0.796. The van der Waals surface area contributed by atoms with Gasteiger partial charge in [-0.15, -0.1) is 0 Å². The predicted octanol–water partition coefficient (Wildman–Crippen LogP) is 3.28. The zero-order valence-corrected chi connectivity index (χ0v) is 10.7. The fourth-order valence-electron chi connectivity index (χ4n) is 1.57. The van der Waals surface area contributed by atoms with E-state index in [4.69, 9.17) is 0 Å². The van der Waals surface area contributed by atoms with Crippen molar-refractivity contribution in [2.24, 2.45) is 0 Å². The Balaban J connectivity index is 2.02. The SMILES string of the molecule is CCn1cncc1CNc1cccc(Br)c1. The van der Waals surface area contributed by atoms with E-state index in [-0.39, 0.29) is 0 Å². The van der Waals surface area contributed by atoms with Gasteiger partial charge >= 0.3 is 0 Å². The van der Waals surface area contributed by atoms with Gasteiger partial charge in [0.1, 0.15) is 0 Å². The number of hydrogen-bond donors (Lipinski definition) is 1. The molecule has 0 radical (unpaired) electrons. The molecular weight excluding hydrogens is 266 g/mol. The molecule has 2 rings (SSSR count). The number of nitrogens with zero attached hydrogens (tertiary/aromatic N) is 2. The van der Waals surface area contributed by atoms with Crippen LogP contribution >= 0.6 is 15.9 Å². The highest BCUT2D eigenvalue weighted by Crippen LogP contribution is 2.16. The second-order valence-corrected chi connectivity index (χ2v) is 4.45. The topological polar surface area (TPSA) is 29.9 Å². The second kappa shape index (κ2) is 5.16. The summed E-state index contributed by atoms with van der Waals surface area (Å²) in [6, 6.07) is 8.15. The van der Waals surface area contributed by atoms with E-state index >= 15 is 0 Å². The Bertz CT molecular complexity index is 465. The van der Waals surface area contributed by atoms with Crippen molar-refractivity contribution < 1.29 is 0 Å². The van der Waals surface area contributed by atoms with Gasteiger partial charge in [-0.1, -0.05) is 22.0 Å². The van der Waals surface area contributed by atoms with Gasteiger partial charge in [0.25, 0.3) is 0 Å². The van der Waals surface area contributed by atoms with Crippen LogP contribution in [0.15, 0.2) is 41.3 Å². The number of imidazole rings is 1. The van der Waals surface area contributed by atoms with Gasteiger partial charge in [-0.05, 0) is 25.1 Å². The summed E-state index contributed by atoms with van der Waals surface area (Å²) in [7, 11) is 0. The standard InChI is InChI=1S/C12H14BrN3/c1-2-16-9-14-7-12(16)8-15-11-5-3-4-10(13)6-11/h3-7,9,15H,2,8H2,1H3. The fourth-order valence-corrected chi connectivity index (χ4v) is 1.97. The van der Waals surface area contributed by atoms with Crippen molar-refractivity contribution in [3.63, 3.8) is 0 Å². The van der Waals surface area contributed by atoms with Crippen molar-refractivity contribution in [3.8, 4) is 0 Å². The van der Waals surface area contributed by atoms with E-state index in [9.17, 15) is 0 Å². The fraction of sp³-hybridized carbons (Fsp3) is 0.250. The van der Waals surface area contributed by atoms with Crippen LogP contribution in [-0.2, 0) is 13.1 Å². The quantitative estimate of drug-likeness (QED) is 0.931. The molecule has 0 aliphatic carbocycles. The Hall–Kier alpha value is -1.29. The third-order valence-electron chi connectivity index (χ3n) is 2.44. The Morgan fingerprint density at radius 2 is 2.31 bits per heavy atom. The minimum Gasteiger partial charge on any atom is -0.379 e. The van der Waals surface area contributed by atoms with Crippen LogP contribution in [-0.4, -0.2) is 9.55 Å². The molecular formula is C12H14BrN3. The van der Waals surface area contributed by atoms with Gasteiger partial charge in [0.05, 0.1) is 18.6 Å². The molecule has 0 aliphatic heterocycles. The van der Waals surface area contributed by atoms with Crippen molar-refractivity contribution >= 4 is 21.6 Å². The first-order valence-corrected chi connectivity index (χ1v) is 6.07. The highest BCUT2D eigenvalue weighted by molar-refractivity contribution is 9.10. The molecule has 0 amide bonds. The van der Waals surface area contributed by atoms with E-state index in [0.29, 0.717) is 0 Å². The summed E-state index contributed by atoms with van der Waals surface area (Å²) >= 11 is 3.45. The average Bonchev–Trinajstić information content (AvgIpc) is 2.74. The Kier molecular flexibility index (Phi) is 3.62. The van der Waals surface area contributed by atoms with Crippen molar-refractivity contribution in [1.82, 2.24) is 9.55 Å². The molecule has 1 aromatic carbocycles. The van der Waals surface area contributed by atoms with Crippen LogP contribution in [0.3, 0.4) is 0 Å². The molecule has 1 heterocycles. The van der Waals surface area contributed by atoms with E-state index in [1.165, 1.54) is 5.69 Å². The number of anilines is 1. The minimum absolute atomic E-state index is 0.796. The number of halogens is 1. The summed E-state index contributed by atoms with van der Waals surface area (Å²) in [5, 5.41) is 3.37. The van der Waals surface area contributed by atoms with Gasteiger partial charge < -0.3 is 9.88 Å². The van der Waals surface area contributed by atoms with Crippen molar-refractivity contribution in [1.29, 1.82) is 0 Å². The molecule has 0 fully saturated rings. The van der Waals surface area contributed by atoms with Gasteiger partial charge in [-0.3, -0.25) is 0 Å². The van der Waals surface area contributed by atoms with Gasteiger partial charge in [-0.25, -0.2) is 4.98 Å². The maximum Gasteiger partial charge on any atom is 0.0948 e. The predicted molar refractivity (Wildman–Crippen MR) is 69.4 cm³/mol. The molecule has 0 unspecified atom stereocenters. The van der Waals surface area contributed by atoms with Crippen LogP contribution in [0.25, 0.3) is 0 Å². The first-order chi connectivity index (χ1) is 7.79. The second-order valence-electron chi connectivity index (χ2n) is 3.53. The molecule has 2 aromatic rings. The number of aryl methyl sites for hydroxylation is 1. The van der Waals surface area contributed by atoms with Gasteiger partial charge in [0.15, 0.2) is 0 Å². The molecule has 0 saturated heterocycles. The first kappa shape index (κ1) is 11.2. The molecule has 0 spiro atoms. The van der Waals surface area contributed by atoms with Gasteiger partial charge in [0, 0.05) is 22.9 Å². The van der Waals surface area contributed by atoms with E-state index < -0.39 is 0 Å². The molecule has 0 atom stereocenters. The zero-order chi connectivity index (χ0) is 11.4. The average molecular weight is 280 g/mol. The first-order valence-electron chi connectivity index (χ1n) is 5.28. The summed E-state index contributed by atoms with van der Waals surface area (Å²) in [4.78, 5) is 4.14. The molecule has 16 heavy (non-hydrogen) atoms. The summed E-state index contributed by atoms with van der Waals surface area (Å²) in [6.45, 7) is 3.87. The summed E-state index contributed by atoms with van der Waals surface area (Å²) in [6.07, 6.45) is 3.76. The van der Waals surface area contributed by atoms with Crippen LogP contribution in [0.1, 0.15) is 12.6 Å². The van der Waals surface area contributed by atoms with E-state index in [1.807, 2.05) is 24.7 Å². The summed E-state index contributed by atoms with van der Waals surface area (Å²) in [5.74, 6) is 0. The number of hydrogen-bond acceptors (Lipinski definition) is 2. The lowest BCUT2D eigenvalue weighted by Gasteiger charge is -2.08. The summed E-state index contributed by atoms with van der Waals surface area (Å²) in [5.41, 5.74) is 2.31. The third-order valence-corrected chi connectivity index (χ3v) is 2.93. The lowest BCUT2D eigenvalue weighted by Crippen LogP contribution is -2.05. The van der Waals surface area contributed by atoms with Crippen LogP contribution in [0.4, 0.5) is 5.69 Å². The molecule has 4 heteroatoms. The van der Waals surface area contributed by atoms with Crippen LogP contribution in [0.5, 0.6) is 0 Å². The highest BCUT2D eigenvalue weighted by Gasteiger charge is 2.00. The monoisotopic (exact) mass is 279 g/mol. The van der Waals surface area contributed by atoms with E-state index in [0.717, 1.165) is 23.2 Å². The number of benzene rings is 1. The maximum absolute atomic E-state index is 4.14. The summed E-state index contributed by atoms with van der Waals surface area (Å²) < 4.78 is 3.21. The molecule has 0 aliphatic rings. The van der Waals surface area contributed by atoms with Gasteiger partial charge in [0.2, 0.25) is 0 Å². The number of aromatic nitrogens is 2. The number of rotatable bonds is 4. The van der Waals surface area contributed by atoms with Gasteiger partial charge in [-0.2, -0.15) is 0 Å². The van der Waals surface area contributed by atoms with Crippen LogP contribution in [0, 0.1) is 0 Å². The van der Waals surface area contributed by atoms with E-state index in [1.54, 1.807) is 0 Å². The lowest BCUT2D eigenvalue weighted by molar-refractivity contribution is 0.719. The Labute approximate surface area is 104 Å². The Morgan fingerprint density at radius 3 is 3.06 bits per heavy atom. The van der Waals surface area contributed by atoms with Crippen molar-refractivity contribution in [2.45, 2.75) is 20.0 Å². The Morgan fingerprint density at radius 1 is 1.44 bits per heavy atom. The smallest absolute Gasteiger partial charge is 0.0948 e. The van der Waals surface area contributed by atoms with Crippen molar-refractivity contribution in [3.05, 3.63) is 47.0 Å². The largest absolute Gasteiger partial charge is 0.379 e. The zero-order valence-electron chi connectivity index (χ0n) is 9.15. The molecule has 1 N–H and O–H groups in total. The molecule has 1 aromatic heterocycles. The molecule has 84 valence electrons.